The van der Waals surface area contributed by atoms with Crippen molar-refractivity contribution in [1.82, 2.24) is 4.98 Å². The molecule has 0 bridgehead atoms. The van der Waals surface area contributed by atoms with Gasteiger partial charge in [0.1, 0.15) is 5.60 Å². The molecule has 22 heavy (non-hydrogen) atoms. The van der Waals surface area contributed by atoms with Crippen LogP contribution in [0.1, 0.15) is 16.8 Å². The van der Waals surface area contributed by atoms with Crippen molar-refractivity contribution in [2.24, 2.45) is 0 Å². The predicted octanol–water partition coefficient (Wildman–Crippen LogP) is 4.21. The van der Waals surface area contributed by atoms with Crippen LogP contribution in [0.4, 0.5) is 0 Å². The second-order valence-electron chi connectivity index (χ2n) is 5.24. The Hall–Kier alpha value is -2.16. The molecule has 0 aliphatic rings. The molecule has 1 atom stereocenters. The molecule has 0 aliphatic carbocycles. The minimum Gasteiger partial charge on any atom is -0.378 e. The van der Waals surface area contributed by atoms with Gasteiger partial charge >= 0.3 is 0 Å². The Labute approximate surface area is 135 Å². The summed E-state index contributed by atoms with van der Waals surface area (Å²) in [7, 11) is 0. The molecule has 1 N–H and O–H groups in total. The third-order valence-electron chi connectivity index (χ3n) is 3.71. The molecule has 1 aromatic heterocycles. The molecule has 0 fully saturated rings. The summed E-state index contributed by atoms with van der Waals surface area (Å²) in [6, 6.07) is 22.7. The number of benzene rings is 2. The van der Waals surface area contributed by atoms with Crippen molar-refractivity contribution in [2.45, 2.75) is 12.0 Å². The molecule has 3 rings (SSSR count). The standard InChI is InChI=1S/C19H16ClNO/c20-17-11-9-16(10-12-17)19(22,18-8-4-5-13-21-18)14-15-6-2-1-3-7-15/h1-13,22H,14H2. The second kappa shape index (κ2) is 6.30. The Morgan fingerprint density at radius 2 is 1.55 bits per heavy atom. The minimum atomic E-state index is -1.19. The third kappa shape index (κ3) is 3.03. The van der Waals surface area contributed by atoms with E-state index in [-0.39, 0.29) is 0 Å². The summed E-state index contributed by atoms with van der Waals surface area (Å²) in [5, 5.41) is 12.0. The normalized spacial score (nSPS) is 13.5. The molecule has 0 amide bonds. The van der Waals surface area contributed by atoms with Crippen LogP contribution in [0.25, 0.3) is 0 Å². The van der Waals surface area contributed by atoms with Gasteiger partial charge in [-0.3, -0.25) is 4.98 Å². The van der Waals surface area contributed by atoms with E-state index >= 15 is 0 Å². The largest absolute Gasteiger partial charge is 0.378 e. The van der Waals surface area contributed by atoms with Crippen molar-refractivity contribution < 1.29 is 5.11 Å². The number of rotatable bonds is 4. The number of hydrogen-bond donors (Lipinski definition) is 1. The van der Waals surface area contributed by atoms with Crippen LogP contribution in [0.3, 0.4) is 0 Å². The highest BCUT2D eigenvalue weighted by Crippen LogP contribution is 2.32. The lowest BCUT2D eigenvalue weighted by Crippen LogP contribution is -2.31. The molecular weight excluding hydrogens is 294 g/mol. The average Bonchev–Trinajstić information content (AvgIpc) is 2.57. The van der Waals surface area contributed by atoms with Crippen molar-refractivity contribution in [3.63, 3.8) is 0 Å². The first-order chi connectivity index (χ1) is 10.7. The molecule has 110 valence electrons. The smallest absolute Gasteiger partial charge is 0.135 e. The molecule has 0 spiro atoms. The summed E-state index contributed by atoms with van der Waals surface area (Å²) in [6.45, 7) is 0. The first kappa shape index (κ1) is 14.8. The van der Waals surface area contributed by atoms with Gasteiger partial charge in [0.25, 0.3) is 0 Å². The van der Waals surface area contributed by atoms with Gasteiger partial charge in [-0.05, 0) is 35.4 Å². The Kier molecular flexibility index (Phi) is 4.23. The zero-order valence-corrected chi connectivity index (χ0v) is 12.7. The van der Waals surface area contributed by atoms with Crippen LogP contribution < -0.4 is 0 Å². The minimum absolute atomic E-state index is 0.451. The van der Waals surface area contributed by atoms with Crippen LogP contribution in [0.5, 0.6) is 0 Å². The van der Waals surface area contributed by atoms with Gasteiger partial charge in [-0.1, -0.05) is 60.1 Å². The molecule has 0 saturated carbocycles. The van der Waals surface area contributed by atoms with Crippen molar-refractivity contribution in [2.75, 3.05) is 0 Å². The molecule has 0 radical (unpaired) electrons. The summed E-state index contributed by atoms with van der Waals surface area (Å²) in [5.74, 6) is 0. The zero-order chi connectivity index (χ0) is 15.4. The Bertz CT molecular complexity index is 728. The first-order valence-corrected chi connectivity index (χ1v) is 7.50. The number of pyridine rings is 1. The molecule has 0 saturated heterocycles. The van der Waals surface area contributed by atoms with Gasteiger partial charge < -0.3 is 5.11 Å². The molecule has 3 heteroatoms. The fourth-order valence-electron chi connectivity index (χ4n) is 2.56. The quantitative estimate of drug-likeness (QED) is 0.783. The number of aliphatic hydroxyl groups is 1. The Morgan fingerprint density at radius 1 is 0.864 bits per heavy atom. The highest BCUT2D eigenvalue weighted by atomic mass is 35.5. The van der Waals surface area contributed by atoms with E-state index in [0.29, 0.717) is 17.1 Å². The van der Waals surface area contributed by atoms with E-state index in [2.05, 4.69) is 4.98 Å². The molecule has 0 aliphatic heterocycles. The monoisotopic (exact) mass is 309 g/mol. The van der Waals surface area contributed by atoms with Crippen LogP contribution >= 0.6 is 11.6 Å². The second-order valence-corrected chi connectivity index (χ2v) is 5.68. The average molecular weight is 310 g/mol. The summed E-state index contributed by atoms with van der Waals surface area (Å²) in [6.07, 6.45) is 2.15. The van der Waals surface area contributed by atoms with E-state index in [0.717, 1.165) is 11.1 Å². The summed E-state index contributed by atoms with van der Waals surface area (Å²) in [5.41, 5.74) is 1.26. The highest BCUT2D eigenvalue weighted by molar-refractivity contribution is 6.30. The van der Waals surface area contributed by atoms with E-state index in [1.165, 1.54) is 0 Å². The number of hydrogen-bond acceptors (Lipinski definition) is 2. The number of nitrogens with zero attached hydrogens (tertiary/aromatic N) is 1. The Morgan fingerprint density at radius 3 is 2.18 bits per heavy atom. The van der Waals surface area contributed by atoms with E-state index < -0.39 is 5.60 Å². The van der Waals surface area contributed by atoms with E-state index in [1.54, 1.807) is 18.3 Å². The van der Waals surface area contributed by atoms with Crippen LogP contribution in [0, 0.1) is 0 Å². The topological polar surface area (TPSA) is 33.1 Å². The highest BCUT2D eigenvalue weighted by Gasteiger charge is 2.33. The van der Waals surface area contributed by atoms with Crippen molar-refractivity contribution in [3.05, 3.63) is 101 Å². The molecule has 2 aromatic carbocycles. The maximum Gasteiger partial charge on any atom is 0.135 e. The van der Waals surface area contributed by atoms with Gasteiger partial charge in [0.2, 0.25) is 0 Å². The lowest BCUT2D eigenvalue weighted by atomic mass is 9.84. The maximum absolute atomic E-state index is 11.4. The predicted molar refractivity (Wildman–Crippen MR) is 88.8 cm³/mol. The van der Waals surface area contributed by atoms with Crippen molar-refractivity contribution >= 4 is 11.6 Å². The van der Waals surface area contributed by atoms with E-state index in [1.807, 2.05) is 60.7 Å². The lowest BCUT2D eigenvalue weighted by Gasteiger charge is -2.28. The van der Waals surface area contributed by atoms with Gasteiger partial charge in [0.05, 0.1) is 5.69 Å². The van der Waals surface area contributed by atoms with Gasteiger partial charge in [-0.25, -0.2) is 0 Å². The zero-order valence-electron chi connectivity index (χ0n) is 12.0. The van der Waals surface area contributed by atoms with Gasteiger partial charge in [0.15, 0.2) is 0 Å². The van der Waals surface area contributed by atoms with Gasteiger partial charge in [-0.2, -0.15) is 0 Å². The summed E-state index contributed by atoms with van der Waals surface area (Å²) >= 11 is 5.97. The van der Waals surface area contributed by atoms with Gasteiger partial charge in [-0.15, -0.1) is 0 Å². The fraction of sp³-hybridized carbons (Fsp3) is 0.105. The van der Waals surface area contributed by atoms with Crippen LogP contribution in [-0.2, 0) is 12.0 Å². The van der Waals surface area contributed by atoms with Gasteiger partial charge in [0, 0.05) is 17.6 Å². The number of halogens is 1. The van der Waals surface area contributed by atoms with Crippen LogP contribution in [0.15, 0.2) is 79.0 Å². The van der Waals surface area contributed by atoms with E-state index in [4.69, 9.17) is 11.6 Å². The molecule has 1 unspecified atom stereocenters. The molecule has 1 heterocycles. The molecule has 2 nitrogen and oxygen atoms in total. The maximum atomic E-state index is 11.4. The van der Waals surface area contributed by atoms with Crippen molar-refractivity contribution in [3.8, 4) is 0 Å². The van der Waals surface area contributed by atoms with Crippen molar-refractivity contribution in [1.29, 1.82) is 0 Å². The summed E-state index contributed by atoms with van der Waals surface area (Å²) in [4.78, 5) is 4.36. The third-order valence-corrected chi connectivity index (χ3v) is 3.97. The fourth-order valence-corrected chi connectivity index (χ4v) is 2.69. The summed E-state index contributed by atoms with van der Waals surface area (Å²) < 4.78 is 0. The first-order valence-electron chi connectivity index (χ1n) is 7.12. The lowest BCUT2D eigenvalue weighted by molar-refractivity contribution is 0.0765. The molecule has 3 aromatic rings. The Balaban J connectivity index is 2.07. The molecular formula is C19H16ClNO. The van der Waals surface area contributed by atoms with E-state index in [9.17, 15) is 5.11 Å². The van der Waals surface area contributed by atoms with Crippen LogP contribution in [-0.4, -0.2) is 10.1 Å². The van der Waals surface area contributed by atoms with Crippen LogP contribution in [0.2, 0.25) is 5.02 Å². The number of aromatic nitrogens is 1. The SMILES string of the molecule is OC(Cc1ccccc1)(c1ccc(Cl)cc1)c1ccccn1.